The molecule has 8 nitrogen and oxygen atoms in total. The lowest BCUT2D eigenvalue weighted by Crippen LogP contribution is -2.35. The van der Waals surface area contributed by atoms with Crippen LogP contribution in [-0.2, 0) is 33.5 Å². The van der Waals surface area contributed by atoms with Gasteiger partial charge in [0.1, 0.15) is 0 Å². The predicted molar refractivity (Wildman–Crippen MR) is 49.8 cm³/mol. The van der Waals surface area contributed by atoms with E-state index in [1.54, 1.807) is 0 Å². The van der Waals surface area contributed by atoms with Crippen molar-refractivity contribution < 1.29 is 50.2 Å². The summed E-state index contributed by atoms with van der Waals surface area (Å²) in [6.07, 6.45) is -3.74. The Hall–Kier alpha value is -1.40. The molecule has 0 saturated heterocycles. The lowest BCUT2D eigenvalue weighted by atomic mass is 10.2. The van der Waals surface area contributed by atoms with Crippen LogP contribution in [-0.4, -0.2) is 44.3 Å². The molecule has 0 saturated carbocycles. The largest absolute Gasteiger partial charge is 0.523 e. The topological polar surface area (TPSA) is 116 Å². The third kappa shape index (κ3) is 5.40. The number of hydrogen-bond donors (Lipinski definition) is 1. The van der Waals surface area contributed by atoms with Crippen molar-refractivity contribution in [2.45, 2.75) is 24.5 Å². The van der Waals surface area contributed by atoms with Gasteiger partial charge in [0.05, 0.1) is 13.5 Å². The first-order valence-corrected chi connectivity index (χ1v) is 5.87. The van der Waals surface area contributed by atoms with Gasteiger partial charge in [0.2, 0.25) is 0 Å². The van der Waals surface area contributed by atoms with Crippen molar-refractivity contribution >= 4 is 22.1 Å². The summed E-state index contributed by atoms with van der Waals surface area (Å²) in [6.45, 7) is 0. The lowest BCUT2D eigenvalue weighted by Gasteiger charge is -2.15. The quantitative estimate of drug-likeness (QED) is 0.243. The Morgan fingerprint density at radius 2 is 1.84 bits per heavy atom. The highest BCUT2D eigenvalue weighted by Gasteiger charge is 2.49. The van der Waals surface area contributed by atoms with Crippen LogP contribution in [0.2, 0.25) is 0 Å². The molecular weight excluding hydrogens is 301 g/mol. The first kappa shape index (κ1) is 17.6. The maximum Gasteiger partial charge on any atom is 0.523 e. The fourth-order valence-corrected chi connectivity index (χ4v) is 1.43. The number of carbonyl (C=O) groups excluding carboxylic acids is 2. The second-order valence-electron chi connectivity index (χ2n) is 3.01. The minimum Gasteiger partial charge on any atom is -0.467 e. The van der Waals surface area contributed by atoms with Crippen LogP contribution in [0.1, 0.15) is 12.8 Å². The summed E-state index contributed by atoms with van der Waals surface area (Å²) in [5.41, 5.74) is -5.73. The number of hydrogen-bond acceptors (Lipinski definition) is 8. The predicted octanol–water partition coefficient (Wildman–Crippen LogP) is 0.191. The molecule has 0 aromatic rings. The summed E-state index contributed by atoms with van der Waals surface area (Å²) in [7, 11) is -5.24. The molecule has 12 heteroatoms. The van der Waals surface area contributed by atoms with Crippen molar-refractivity contribution in [2.75, 3.05) is 7.11 Å². The summed E-state index contributed by atoms with van der Waals surface area (Å²) in [6, 6.07) is 0. The Bertz CT molecular complexity index is 428. The zero-order chi connectivity index (χ0) is 15.3. The third-order valence-electron chi connectivity index (χ3n) is 1.70. The maximum absolute atomic E-state index is 12.0. The molecule has 0 aromatic carbocycles. The van der Waals surface area contributed by atoms with Gasteiger partial charge in [0.15, 0.2) is 6.10 Å². The third-order valence-corrected chi connectivity index (χ3v) is 2.76. The van der Waals surface area contributed by atoms with Gasteiger partial charge in [0.25, 0.3) is 0 Å². The molecule has 0 aliphatic carbocycles. The normalized spacial score (nSPS) is 13.7. The molecule has 0 aromatic heterocycles. The van der Waals surface area contributed by atoms with Crippen molar-refractivity contribution in [3.05, 3.63) is 0 Å². The zero-order valence-corrected chi connectivity index (χ0v) is 10.2. The summed E-state index contributed by atoms with van der Waals surface area (Å²) < 4.78 is 65.1. The van der Waals surface area contributed by atoms with Crippen LogP contribution in [0.15, 0.2) is 0 Å². The van der Waals surface area contributed by atoms with Gasteiger partial charge in [-0.3, -0.25) is 0 Å². The molecule has 0 unspecified atom stereocenters. The molecule has 0 radical (unpaired) electrons. The number of esters is 1. The molecule has 1 atom stereocenters. The van der Waals surface area contributed by atoms with E-state index in [0.29, 0.717) is 0 Å². The molecule has 0 rings (SSSR count). The van der Waals surface area contributed by atoms with Gasteiger partial charge in [-0.2, -0.15) is 26.8 Å². The van der Waals surface area contributed by atoms with E-state index >= 15 is 0 Å². The molecule has 0 fully saturated rings. The monoisotopic (exact) mass is 310 g/mol. The summed E-state index contributed by atoms with van der Waals surface area (Å²) in [5, 5.41) is 7.90. The van der Waals surface area contributed by atoms with Crippen molar-refractivity contribution in [3.63, 3.8) is 0 Å². The minimum atomic E-state index is -6.02. The molecular formula is C7H9F3O8S. The highest BCUT2D eigenvalue weighted by Crippen LogP contribution is 2.26. The first-order valence-electron chi connectivity index (χ1n) is 4.46. The Labute approximate surface area is 105 Å². The number of alkyl halides is 3. The number of rotatable bonds is 6. The smallest absolute Gasteiger partial charge is 0.467 e. The van der Waals surface area contributed by atoms with Crippen molar-refractivity contribution in [1.82, 2.24) is 0 Å². The van der Waals surface area contributed by atoms with Crippen molar-refractivity contribution in [1.29, 1.82) is 0 Å². The second kappa shape index (κ2) is 6.68. The van der Waals surface area contributed by atoms with Crippen molar-refractivity contribution in [2.24, 2.45) is 0 Å². The van der Waals surface area contributed by atoms with E-state index in [1.807, 2.05) is 0 Å². The van der Waals surface area contributed by atoms with Crippen LogP contribution < -0.4 is 0 Å². The highest BCUT2D eigenvalue weighted by atomic mass is 32.2. The van der Waals surface area contributed by atoms with E-state index < -0.39 is 46.5 Å². The molecule has 0 aliphatic rings. The van der Waals surface area contributed by atoms with Crippen LogP contribution >= 0.6 is 0 Å². The van der Waals surface area contributed by atoms with Crippen molar-refractivity contribution in [3.8, 4) is 0 Å². The van der Waals surface area contributed by atoms with Crippen LogP contribution in [0.5, 0.6) is 0 Å². The highest BCUT2D eigenvalue weighted by molar-refractivity contribution is 7.87. The van der Waals surface area contributed by atoms with Gasteiger partial charge in [0, 0.05) is 0 Å². The van der Waals surface area contributed by atoms with E-state index in [9.17, 15) is 31.2 Å². The number of halogens is 3. The van der Waals surface area contributed by atoms with Crippen LogP contribution in [0, 0.1) is 0 Å². The van der Waals surface area contributed by atoms with Gasteiger partial charge in [-0.1, -0.05) is 0 Å². The van der Waals surface area contributed by atoms with E-state index in [0.717, 1.165) is 7.11 Å². The molecule has 0 heterocycles. The molecule has 0 aliphatic heterocycles. The number of carbonyl (C=O) groups is 2. The summed E-state index contributed by atoms with van der Waals surface area (Å²) >= 11 is 0. The van der Waals surface area contributed by atoms with Gasteiger partial charge < -0.3 is 9.62 Å². The molecule has 0 spiro atoms. The Morgan fingerprint density at radius 3 is 2.21 bits per heavy atom. The lowest BCUT2D eigenvalue weighted by molar-refractivity contribution is -0.234. The molecule has 19 heavy (non-hydrogen) atoms. The van der Waals surface area contributed by atoms with E-state index in [4.69, 9.17) is 5.26 Å². The fourth-order valence-electron chi connectivity index (χ4n) is 0.839. The van der Waals surface area contributed by atoms with Gasteiger partial charge in [-0.25, -0.2) is 13.8 Å². The fraction of sp³-hybridized carbons (Fsp3) is 0.714. The second-order valence-corrected chi connectivity index (χ2v) is 4.57. The van der Waals surface area contributed by atoms with Gasteiger partial charge in [-0.05, 0) is 6.42 Å². The van der Waals surface area contributed by atoms with Gasteiger partial charge in [-0.15, -0.1) is 0 Å². The summed E-state index contributed by atoms with van der Waals surface area (Å²) in [4.78, 5) is 24.8. The van der Waals surface area contributed by atoms with Gasteiger partial charge >= 0.3 is 27.6 Å². The van der Waals surface area contributed by atoms with E-state index in [-0.39, 0.29) is 0 Å². The molecule has 112 valence electrons. The zero-order valence-electron chi connectivity index (χ0n) is 9.34. The van der Waals surface area contributed by atoms with Crippen LogP contribution in [0.25, 0.3) is 0 Å². The van der Waals surface area contributed by atoms with Crippen LogP contribution in [0.3, 0.4) is 0 Å². The standard InChI is InChI=1S/C7H9F3O8S/c1-16-6(12)4(2-3-5(11)17-13)18-19(14,15)7(8,9)10/h4,13H,2-3H2,1H3/t4-/m0/s1. The summed E-state index contributed by atoms with van der Waals surface area (Å²) in [5.74, 6) is -2.72. The Kier molecular flexibility index (Phi) is 6.18. The number of ether oxygens (including phenoxy) is 1. The SMILES string of the molecule is COC(=O)[C@H](CCC(=O)OO)OS(=O)(=O)C(F)(F)F. The van der Waals surface area contributed by atoms with E-state index in [2.05, 4.69) is 13.8 Å². The van der Waals surface area contributed by atoms with Crippen LogP contribution in [0.4, 0.5) is 13.2 Å². The number of methoxy groups -OCH3 is 1. The average molecular weight is 310 g/mol. The Morgan fingerprint density at radius 1 is 1.32 bits per heavy atom. The molecule has 0 amide bonds. The molecule has 1 N–H and O–H groups in total. The maximum atomic E-state index is 12.0. The van der Waals surface area contributed by atoms with E-state index in [1.165, 1.54) is 0 Å². The first-order chi connectivity index (χ1) is 8.55. The Balaban J connectivity index is 4.89. The average Bonchev–Trinajstić information content (AvgIpc) is 2.31. The molecule has 0 bridgehead atoms. The minimum absolute atomic E-state index is 0.760.